The van der Waals surface area contributed by atoms with Gasteiger partial charge in [-0.15, -0.1) is 11.0 Å². The molecule has 0 unspecified atom stereocenters. The third-order valence-electron chi connectivity index (χ3n) is 5.34. The first-order chi connectivity index (χ1) is 18.2. The Labute approximate surface area is 229 Å². The van der Waals surface area contributed by atoms with Gasteiger partial charge in [0.15, 0.2) is 16.7 Å². The van der Waals surface area contributed by atoms with Gasteiger partial charge in [-0.2, -0.15) is 8.42 Å². The first-order valence-electron chi connectivity index (χ1n) is 11.2. The standard InChI is InChI=1S/C27H22ClFN2O5S2/c1-3-14-31-26(32)25(37-27(31)30-38(33,34)21-11-9-20(29)10-12-21)16-18-8-13-23(24(15-18)35-2)36-17-19-6-4-5-7-22(19)28/h3-13,15-16H,1,14,17H2,2H3/b25-16-,30-27?. The SMILES string of the molecule is C=CCN1C(=O)/C(=C/c2ccc(OCc3ccccc3Cl)c(OC)c2)SC1=NS(=O)(=O)c1ccc(F)cc1. The van der Waals surface area contributed by atoms with Crippen molar-refractivity contribution in [3.05, 3.63) is 106 Å². The zero-order valence-corrected chi connectivity index (χ0v) is 22.5. The highest BCUT2D eigenvalue weighted by Crippen LogP contribution is 2.36. The second-order valence-electron chi connectivity index (χ2n) is 7.91. The van der Waals surface area contributed by atoms with Gasteiger partial charge in [0, 0.05) is 17.1 Å². The summed E-state index contributed by atoms with van der Waals surface area (Å²) in [4.78, 5) is 14.4. The smallest absolute Gasteiger partial charge is 0.284 e. The molecule has 1 amide bonds. The molecule has 0 N–H and O–H groups in total. The lowest BCUT2D eigenvalue weighted by atomic mass is 10.1. The van der Waals surface area contributed by atoms with E-state index in [0.717, 1.165) is 41.6 Å². The molecule has 0 radical (unpaired) electrons. The lowest BCUT2D eigenvalue weighted by Gasteiger charge is -2.13. The maximum atomic E-state index is 13.2. The summed E-state index contributed by atoms with van der Waals surface area (Å²) in [7, 11) is -2.68. The average molecular weight is 573 g/mol. The molecule has 0 spiro atoms. The maximum Gasteiger partial charge on any atom is 0.284 e. The van der Waals surface area contributed by atoms with E-state index in [0.29, 0.717) is 22.1 Å². The highest BCUT2D eigenvalue weighted by atomic mass is 35.5. The monoisotopic (exact) mass is 572 g/mol. The molecule has 1 heterocycles. The lowest BCUT2D eigenvalue weighted by molar-refractivity contribution is -0.121. The number of halogens is 2. The number of carbonyl (C=O) groups excluding carboxylic acids is 1. The summed E-state index contributed by atoms with van der Waals surface area (Å²) in [5.41, 5.74) is 1.45. The molecule has 1 aliphatic rings. The van der Waals surface area contributed by atoms with Crippen molar-refractivity contribution < 1.29 is 27.1 Å². The summed E-state index contributed by atoms with van der Waals surface area (Å²) in [5.74, 6) is -0.0734. The van der Waals surface area contributed by atoms with Crippen molar-refractivity contribution in [2.24, 2.45) is 4.40 Å². The van der Waals surface area contributed by atoms with Crippen molar-refractivity contribution in [1.29, 1.82) is 0 Å². The number of sulfonamides is 1. The van der Waals surface area contributed by atoms with E-state index >= 15 is 0 Å². The molecule has 3 aromatic rings. The summed E-state index contributed by atoms with van der Waals surface area (Å²) in [6.07, 6.45) is 3.08. The highest BCUT2D eigenvalue weighted by Gasteiger charge is 2.34. The van der Waals surface area contributed by atoms with Crippen LogP contribution in [0, 0.1) is 5.82 Å². The average Bonchev–Trinajstić information content (AvgIpc) is 3.17. The molecule has 11 heteroatoms. The molecule has 0 bridgehead atoms. The van der Waals surface area contributed by atoms with E-state index in [2.05, 4.69) is 11.0 Å². The third kappa shape index (κ3) is 6.27. The predicted molar refractivity (Wildman–Crippen MR) is 147 cm³/mol. The normalized spacial score (nSPS) is 15.8. The molecule has 1 saturated heterocycles. The number of amidine groups is 1. The van der Waals surface area contributed by atoms with Gasteiger partial charge in [0.25, 0.3) is 15.9 Å². The van der Waals surface area contributed by atoms with Crippen LogP contribution in [0.1, 0.15) is 11.1 Å². The van der Waals surface area contributed by atoms with Crippen LogP contribution in [0.2, 0.25) is 5.02 Å². The van der Waals surface area contributed by atoms with Crippen LogP contribution in [-0.4, -0.2) is 38.0 Å². The molecule has 0 aromatic heterocycles. The van der Waals surface area contributed by atoms with Crippen LogP contribution in [0.5, 0.6) is 11.5 Å². The summed E-state index contributed by atoms with van der Waals surface area (Å²) < 4.78 is 54.0. The predicted octanol–water partition coefficient (Wildman–Crippen LogP) is 5.91. The number of rotatable bonds is 9. The van der Waals surface area contributed by atoms with Crippen molar-refractivity contribution in [2.45, 2.75) is 11.5 Å². The summed E-state index contributed by atoms with van der Waals surface area (Å²) in [5, 5.41) is 0.560. The maximum absolute atomic E-state index is 13.2. The summed E-state index contributed by atoms with van der Waals surface area (Å²) >= 11 is 7.11. The van der Waals surface area contributed by atoms with Crippen LogP contribution in [0.25, 0.3) is 6.08 Å². The molecule has 0 atom stereocenters. The van der Waals surface area contributed by atoms with E-state index in [1.807, 2.05) is 18.2 Å². The van der Waals surface area contributed by atoms with Crippen molar-refractivity contribution in [3.8, 4) is 11.5 Å². The van der Waals surface area contributed by atoms with E-state index in [1.165, 1.54) is 18.1 Å². The Balaban J connectivity index is 1.59. The van der Waals surface area contributed by atoms with Crippen molar-refractivity contribution in [1.82, 2.24) is 4.90 Å². The van der Waals surface area contributed by atoms with Crippen LogP contribution >= 0.6 is 23.4 Å². The Morgan fingerprint density at radius 3 is 2.53 bits per heavy atom. The van der Waals surface area contributed by atoms with Crippen LogP contribution in [0.15, 0.2) is 93.6 Å². The Bertz CT molecular complexity index is 1540. The van der Waals surface area contributed by atoms with Gasteiger partial charge in [-0.3, -0.25) is 9.69 Å². The van der Waals surface area contributed by atoms with Gasteiger partial charge in [-0.05, 0) is 65.9 Å². The van der Waals surface area contributed by atoms with Gasteiger partial charge in [-0.25, -0.2) is 4.39 Å². The molecular formula is C27H22ClFN2O5S2. The van der Waals surface area contributed by atoms with E-state index in [9.17, 15) is 17.6 Å². The molecule has 7 nitrogen and oxygen atoms in total. The molecule has 196 valence electrons. The zero-order valence-electron chi connectivity index (χ0n) is 20.1. The number of hydrogen-bond donors (Lipinski definition) is 0. The van der Waals surface area contributed by atoms with Crippen molar-refractivity contribution in [3.63, 3.8) is 0 Å². The number of nitrogens with zero attached hydrogens (tertiary/aromatic N) is 2. The molecule has 3 aromatic carbocycles. The van der Waals surface area contributed by atoms with Gasteiger partial charge in [0.2, 0.25) is 0 Å². The van der Waals surface area contributed by atoms with Crippen molar-refractivity contribution in [2.75, 3.05) is 13.7 Å². The number of carbonyl (C=O) groups is 1. The largest absolute Gasteiger partial charge is 0.493 e. The number of ether oxygens (including phenoxy) is 2. The Morgan fingerprint density at radius 1 is 1.11 bits per heavy atom. The molecule has 4 rings (SSSR count). The fourth-order valence-corrected chi connectivity index (χ4v) is 5.82. The van der Waals surface area contributed by atoms with E-state index in [-0.39, 0.29) is 28.1 Å². The fourth-order valence-electron chi connectivity index (χ4n) is 3.44. The van der Waals surface area contributed by atoms with Gasteiger partial charge < -0.3 is 9.47 Å². The number of methoxy groups -OCH3 is 1. The van der Waals surface area contributed by atoms with Gasteiger partial charge in [0.1, 0.15) is 12.4 Å². The number of benzene rings is 3. The van der Waals surface area contributed by atoms with E-state index in [1.54, 1.807) is 30.3 Å². The first-order valence-corrected chi connectivity index (χ1v) is 13.8. The minimum atomic E-state index is -4.18. The number of hydrogen-bond acceptors (Lipinski definition) is 6. The minimum absolute atomic E-state index is 0.0304. The van der Waals surface area contributed by atoms with Crippen molar-refractivity contribution >= 4 is 50.5 Å². The molecule has 0 aliphatic carbocycles. The second kappa shape index (κ2) is 11.8. The van der Waals surface area contributed by atoms with Crippen LogP contribution in [0.3, 0.4) is 0 Å². The van der Waals surface area contributed by atoms with E-state index < -0.39 is 21.7 Å². The molecule has 0 saturated carbocycles. The minimum Gasteiger partial charge on any atom is -0.493 e. The number of amides is 1. The first kappa shape index (κ1) is 27.4. The topological polar surface area (TPSA) is 85.3 Å². The van der Waals surface area contributed by atoms with Gasteiger partial charge >= 0.3 is 0 Å². The Morgan fingerprint density at radius 2 is 1.84 bits per heavy atom. The van der Waals surface area contributed by atoms with E-state index in [4.69, 9.17) is 21.1 Å². The molecular weight excluding hydrogens is 551 g/mol. The molecule has 1 aliphatic heterocycles. The summed E-state index contributed by atoms with van der Waals surface area (Å²) in [6, 6.07) is 16.8. The zero-order chi connectivity index (χ0) is 27.3. The third-order valence-corrected chi connectivity index (χ3v) is 8.11. The molecule has 38 heavy (non-hydrogen) atoms. The fraction of sp³-hybridized carbons (Fsp3) is 0.111. The number of thioether (sulfide) groups is 1. The molecule has 1 fully saturated rings. The van der Waals surface area contributed by atoms with Gasteiger partial charge in [0.05, 0.1) is 16.9 Å². The quantitative estimate of drug-likeness (QED) is 0.234. The summed E-state index contributed by atoms with van der Waals surface area (Å²) in [6.45, 7) is 3.93. The lowest BCUT2D eigenvalue weighted by Crippen LogP contribution is -2.29. The van der Waals surface area contributed by atoms with Crippen LogP contribution in [-0.2, 0) is 21.4 Å². The second-order valence-corrected chi connectivity index (χ2v) is 10.9. The van der Waals surface area contributed by atoms with Gasteiger partial charge in [-0.1, -0.05) is 41.9 Å². The highest BCUT2D eigenvalue weighted by molar-refractivity contribution is 8.19. The Kier molecular flexibility index (Phi) is 8.55. The van der Waals surface area contributed by atoms with Crippen LogP contribution in [0.4, 0.5) is 4.39 Å². The van der Waals surface area contributed by atoms with Crippen LogP contribution < -0.4 is 9.47 Å². The Hall–Kier alpha value is -3.60.